The molecule has 0 aliphatic carbocycles. The van der Waals surface area contributed by atoms with Crippen molar-refractivity contribution in [1.82, 2.24) is 20.1 Å². The lowest BCUT2D eigenvalue weighted by atomic mass is 9.96. The van der Waals surface area contributed by atoms with Crippen molar-refractivity contribution in [3.05, 3.63) is 41.0 Å². The van der Waals surface area contributed by atoms with Crippen LogP contribution in [0.15, 0.2) is 18.2 Å². The summed E-state index contributed by atoms with van der Waals surface area (Å²) in [4.78, 5) is 19.5. The number of carbonyl (C=O) groups excluding carboxylic acids is 1. The minimum absolute atomic E-state index is 0.0602. The smallest absolute Gasteiger partial charge is 0.254 e. The lowest BCUT2D eigenvalue weighted by Gasteiger charge is -2.32. The summed E-state index contributed by atoms with van der Waals surface area (Å²) < 4.78 is 10.3. The van der Waals surface area contributed by atoms with E-state index in [9.17, 15) is 4.79 Å². The molecule has 0 bridgehead atoms. The predicted molar refractivity (Wildman–Crippen MR) is 97.6 cm³/mol. The van der Waals surface area contributed by atoms with Crippen LogP contribution >= 0.6 is 0 Å². The fraction of sp³-hybridized carbons (Fsp3) is 0.526. The van der Waals surface area contributed by atoms with Crippen LogP contribution in [0, 0.1) is 6.92 Å². The lowest BCUT2D eigenvalue weighted by Crippen LogP contribution is -2.39. The summed E-state index contributed by atoms with van der Waals surface area (Å²) >= 11 is 0. The first kappa shape index (κ1) is 18.4. The molecule has 26 heavy (non-hydrogen) atoms. The number of ether oxygens (including phenoxy) is 2. The van der Waals surface area contributed by atoms with Crippen LogP contribution < -0.4 is 4.74 Å². The average molecular weight is 358 g/mol. The normalized spacial score (nSPS) is 17.3. The molecule has 0 spiro atoms. The van der Waals surface area contributed by atoms with Gasteiger partial charge in [-0.2, -0.15) is 5.10 Å². The van der Waals surface area contributed by atoms with E-state index in [0.29, 0.717) is 19.6 Å². The Bertz CT molecular complexity index is 759. The molecule has 2 aromatic rings. The van der Waals surface area contributed by atoms with Crippen LogP contribution in [0.3, 0.4) is 0 Å². The maximum Gasteiger partial charge on any atom is 0.254 e. The minimum atomic E-state index is 0.0602. The number of hydrogen-bond donors (Lipinski definition) is 1. The minimum Gasteiger partial charge on any atom is -0.497 e. The molecular weight excluding hydrogens is 332 g/mol. The number of piperidine rings is 1. The van der Waals surface area contributed by atoms with Crippen LogP contribution in [0.4, 0.5) is 0 Å². The molecule has 7 nitrogen and oxygen atoms in total. The number of hydrogen-bond acceptors (Lipinski definition) is 5. The first-order chi connectivity index (χ1) is 12.6. The summed E-state index contributed by atoms with van der Waals surface area (Å²) in [6, 6.07) is 5.57. The summed E-state index contributed by atoms with van der Waals surface area (Å²) in [7, 11) is 3.30. The number of aromatic nitrogens is 3. The van der Waals surface area contributed by atoms with Crippen LogP contribution in [0.1, 0.15) is 46.3 Å². The number of benzene rings is 1. The van der Waals surface area contributed by atoms with Gasteiger partial charge in [0.2, 0.25) is 0 Å². The highest BCUT2D eigenvalue weighted by Crippen LogP contribution is 2.27. The Morgan fingerprint density at radius 1 is 1.38 bits per heavy atom. The highest BCUT2D eigenvalue weighted by molar-refractivity contribution is 5.96. The molecule has 0 radical (unpaired) electrons. The van der Waals surface area contributed by atoms with E-state index < -0.39 is 0 Å². The molecule has 7 heteroatoms. The fourth-order valence-electron chi connectivity index (χ4n) is 3.35. The third-order valence-corrected chi connectivity index (χ3v) is 4.83. The summed E-state index contributed by atoms with van der Waals surface area (Å²) in [5, 5.41) is 7.33. The van der Waals surface area contributed by atoms with Gasteiger partial charge in [0.25, 0.3) is 5.91 Å². The Hall–Kier alpha value is -2.41. The summed E-state index contributed by atoms with van der Waals surface area (Å²) in [5.74, 6) is 2.61. The number of methoxy groups -OCH3 is 2. The Kier molecular flexibility index (Phi) is 5.88. The first-order valence-electron chi connectivity index (χ1n) is 8.96. The number of rotatable bonds is 6. The van der Waals surface area contributed by atoms with Crippen LogP contribution in [-0.4, -0.2) is 59.9 Å². The van der Waals surface area contributed by atoms with Gasteiger partial charge in [0.1, 0.15) is 11.6 Å². The predicted octanol–water partition coefficient (Wildman–Crippen LogP) is 2.33. The second kappa shape index (κ2) is 8.31. The van der Waals surface area contributed by atoms with Crippen molar-refractivity contribution in [3.63, 3.8) is 0 Å². The van der Waals surface area contributed by atoms with Crippen molar-refractivity contribution in [1.29, 1.82) is 0 Å². The molecular formula is C19H26N4O3. The van der Waals surface area contributed by atoms with E-state index >= 15 is 0 Å². The molecule has 2 heterocycles. The molecule has 0 unspecified atom stereocenters. The molecule has 3 rings (SSSR count). The van der Waals surface area contributed by atoms with Crippen LogP contribution in [-0.2, 0) is 11.2 Å². The second-order valence-corrected chi connectivity index (χ2v) is 6.65. The molecule has 0 saturated carbocycles. The highest BCUT2D eigenvalue weighted by atomic mass is 16.5. The highest BCUT2D eigenvalue weighted by Gasteiger charge is 2.28. The maximum atomic E-state index is 13.0. The Morgan fingerprint density at radius 3 is 2.96 bits per heavy atom. The van der Waals surface area contributed by atoms with Crippen molar-refractivity contribution in [3.8, 4) is 5.75 Å². The molecule has 1 amide bonds. The number of H-pyrrole nitrogens is 1. The van der Waals surface area contributed by atoms with Gasteiger partial charge in [-0.1, -0.05) is 0 Å². The van der Waals surface area contributed by atoms with E-state index in [-0.39, 0.29) is 11.8 Å². The van der Waals surface area contributed by atoms with Crippen molar-refractivity contribution in [2.45, 2.75) is 32.1 Å². The van der Waals surface area contributed by atoms with E-state index in [2.05, 4.69) is 15.2 Å². The Labute approximate surface area is 153 Å². The Balaban J connectivity index is 1.70. The topological polar surface area (TPSA) is 80.3 Å². The molecule has 1 N–H and O–H groups in total. The van der Waals surface area contributed by atoms with Crippen LogP contribution in [0.2, 0.25) is 0 Å². The van der Waals surface area contributed by atoms with Gasteiger partial charge in [0.15, 0.2) is 5.82 Å². The van der Waals surface area contributed by atoms with E-state index in [1.54, 1.807) is 14.2 Å². The van der Waals surface area contributed by atoms with E-state index in [0.717, 1.165) is 47.9 Å². The number of likely N-dealkylation sites (tertiary alicyclic amines) is 1. The SMILES string of the molecule is COCCc1nc([C@@H]2CCCN(C(=O)c3ccc(OC)cc3C)C2)n[nH]1. The van der Waals surface area contributed by atoms with E-state index in [1.807, 2.05) is 30.0 Å². The van der Waals surface area contributed by atoms with E-state index in [4.69, 9.17) is 9.47 Å². The van der Waals surface area contributed by atoms with Crippen molar-refractivity contribution < 1.29 is 14.3 Å². The molecule has 1 aromatic heterocycles. The second-order valence-electron chi connectivity index (χ2n) is 6.65. The number of nitrogens with zero attached hydrogens (tertiary/aromatic N) is 3. The zero-order valence-electron chi connectivity index (χ0n) is 15.6. The van der Waals surface area contributed by atoms with Gasteiger partial charge in [-0.25, -0.2) is 4.98 Å². The van der Waals surface area contributed by atoms with Crippen LogP contribution in [0.25, 0.3) is 0 Å². The third-order valence-electron chi connectivity index (χ3n) is 4.83. The molecule has 1 atom stereocenters. The maximum absolute atomic E-state index is 13.0. The average Bonchev–Trinajstić information content (AvgIpc) is 3.15. The fourth-order valence-corrected chi connectivity index (χ4v) is 3.35. The molecule has 1 saturated heterocycles. The first-order valence-corrected chi connectivity index (χ1v) is 8.96. The number of carbonyl (C=O) groups is 1. The zero-order chi connectivity index (χ0) is 18.5. The number of aromatic amines is 1. The van der Waals surface area contributed by atoms with Gasteiger partial charge in [-0.05, 0) is 43.5 Å². The van der Waals surface area contributed by atoms with Gasteiger partial charge in [0.05, 0.1) is 13.7 Å². The van der Waals surface area contributed by atoms with Gasteiger partial charge in [0, 0.05) is 38.1 Å². The van der Waals surface area contributed by atoms with Gasteiger partial charge < -0.3 is 14.4 Å². The number of nitrogens with one attached hydrogen (secondary N) is 1. The summed E-state index contributed by atoms with van der Waals surface area (Å²) in [5.41, 5.74) is 1.65. The van der Waals surface area contributed by atoms with Gasteiger partial charge >= 0.3 is 0 Å². The zero-order valence-corrected chi connectivity index (χ0v) is 15.6. The molecule has 140 valence electrons. The van der Waals surface area contributed by atoms with Crippen molar-refractivity contribution in [2.75, 3.05) is 33.9 Å². The summed E-state index contributed by atoms with van der Waals surface area (Å²) in [6.07, 6.45) is 2.66. The largest absolute Gasteiger partial charge is 0.497 e. The monoisotopic (exact) mass is 358 g/mol. The molecule has 1 aliphatic heterocycles. The molecule has 1 fully saturated rings. The number of amides is 1. The quantitative estimate of drug-likeness (QED) is 0.857. The third kappa shape index (κ3) is 4.04. The molecule has 1 aromatic carbocycles. The Morgan fingerprint density at radius 2 is 2.23 bits per heavy atom. The number of aryl methyl sites for hydroxylation is 1. The molecule has 1 aliphatic rings. The van der Waals surface area contributed by atoms with E-state index in [1.165, 1.54) is 0 Å². The standard InChI is InChI=1S/C19H26N4O3/c1-13-11-15(26-3)6-7-16(13)19(24)23-9-4-5-14(12-23)18-20-17(21-22-18)8-10-25-2/h6-7,11,14H,4-5,8-10,12H2,1-3H3,(H,20,21,22)/t14-/m1/s1. The van der Waals surface area contributed by atoms with Gasteiger partial charge in [-0.3, -0.25) is 9.89 Å². The van der Waals surface area contributed by atoms with Gasteiger partial charge in [-0.15, -0.1) is 0 Å². The lowest BCUT2D eigenvalue weighted by molar-refractivity contribution is 0.0704. The summed E-state index contributed by atoms with van der Waals surface area (Å²) in [6.45, 7) is 3.96. The van der Waals surface area contributed by atoms with Crippen molar-refractivity contribution >= 4 is 5.91 Å². The van der Waals surface area contributed by atoms with Crippen LogP contribution in [0.5, 0.6) is 5.75 Å². The van der Waals surface area contributed by atoms with Crippen molar-refractivity contribution in [2.24, 2.45) is 0 Å².